The summed E-state index contributed by atoms with van der Waals surface area (Å²) in [5.74, 6) is 0. The lowest BCUT2D eigenvalue weighted by molar-refractivity contribution is 0.0341. The Morgan fingerprint density at radius 1 is 1.11 bits per heavy atom. The van der Waals surface area contributed by atoms with Gasteiger partial charge in [0, 0.05) is 56.9 Å². The molecule has 0 aliphatic carbocycles. The minimum absolute atomic E-state index is 0.860. The van der Waals surface area contributed by atoms with Crippen molar-refractivity contribution in [3.05, 3.63) is 16.1 Å². The number of ether oxygens (including phenoxy) is 1. The number of rotatable bonds is 4. The number of nitrogens with zero attached hydrogens (tertiary/aromatic N) is 3. The summed E-state index contributed by atoms with van der Waals surface area (Å²) >= 11 is 1.86. The summed E-state index contributed by atoms with van der Waals surface area (Å²) in [6.45, 7) is 10.3. The van der Waals surface area contributed by atoms with Crippen LogP contribution in [0.15, 0.2) is 6.20 Å². The lowest BCUT2D eigenvalue weighted by Gasteiger charge is -2.26. The molecule has 0 amide bonds. The zero-order valence-electron chi connectivity index (χ0n) is 11.3. The summed E-state index contributed by atoms with van der Waals surface area (Å²) in [7, 11) is 0. The Bertz CT molecular complexity index is 351. The van der Waals surface area contributed by atoms with Gasteiger partial charge < -0.3 is 10.1 Å². The van der Waals surface area contributed by atoms with Gasteiger partial charge in [0.05, 0.1) is 19.8 Å². The van der Waals surface area contributed by atoms with Crippen LogP contribution in [0.1, 0.15) is 9.88 Å². The molecule has 0 unspecified atom stereocenters. The van der Waals surface area contributed by atoms with Crippen LogP contribution < -0.4 is 5.32 Å². The van der Waals surface area contributed by atoms with Crippen LogP contribution in [-0.4, -0.2) is 67.3 Å². The second kappa shape index (κ2) is 6.76. The third kappa shape index (κ3) is 3.97. The highest BCUT2D eigenvalue weighted by molar-refractivity contribution is 7.11. The van der Waals surface area contributed by atoms with Gasteiger partial charge in [0.1, 0.15) is 5.01 Å². The van der Waals surface area contributed by atoms with Crippen LogP contribution in [0.3, 0.4) is 0 Å². The first-order valence-electron chi connectivity index (χ1n) is 7.07. The molecule has 0 spiro atoms. The van der Waals surface area contributed by atoms with Crippen molar-refractivity contribution >= 4 is 11.3 Å². The molecule has 1 aromatic rings. The van der Waals surface area contributed by atoms with E-state index in [1.807, 2.05) is 11.3 Å². The van der Waals surface area contributed by atoms with Crippen LogP contribution in [0.25, 0.3) is 0 Å². The van der Waals surface area contributed by atoms with Crippen molar-refractivity contribution in [2.75, 3.05) is 52.5 Å². The molecular weight excluding hydrogens is 260 g/mol. The van der Waals surface area contributed by atoms with Crippen molar-refractivity contribution in [3.63, 3.8) is 0 Å². The normalized spacial score (nSPS) is 22.7. The molecule has 0 aromatic carbocycles. The van der Waals surface area contributed by atoms with Gasteiger partial charge in [0.25, 0.3) is 0 Å². The van der Waals surface area contributed by atoms with E-state index in [9.17, 15) is 0 Å². The molecular formula is C13H22N4OS. The van der Waals surface area contributed by atoms with Gasteiger partial charge in [-0.05, 0) is 0 Å². The van der Waals surface area contributed by atoms with Gasteiger partial charge in [-0.3, -0.25) is 9.80 Å². The molecule has 1 N–H and O–H groups in total. The topological polar surface area (TPSA) is 40.6 Å². The predicted octanol–water partition coefficient (Wildman–Crippen LogP) is 0.381. The van der Waals surface area contributed by atoms with E-state index in [4.69, 9.17) is 4.74 Å². The number of nitrogens with one attached hydrogen (secondary N) is 1. The van der Waals surface area contributed by atoms with Crippen LogP contribution in [0, 0.1) is 0 Å². The predicted molar refractivity (Wildman–Crippen MR) is 76.4 cm³/mol. The summed E-state index contributed by atoms with van der Waals surface area (Å²) < 4.78 is 5.37. The van der Waals surface area contributed by atoms with E-state index in [1.54, 1.807) is 0 Å². The van der Waals surface area contributed by atoms with Crippen molar-refractivity contribution in [1.29, 1.82) is 0 Å². The second-order valence-electron chi connectivity index (χ2n) is 5.13. The molecule has 6 heteroatoms. The molecule has 2 fully saturated rings. The van der Waals surface area contributed by atoms with E-state index < -0.39 is 0 Å². The summed E-state index contributed by atoms with van der Waals surface area (Å²) in [4.78, 5) is 10.9. The molecule has 19 heavy (non-hydrogen) atoms. The Morgan fingerprint density at radius 2 is 1.84 bits per heavy atom. The highest BCUT2D eigenvalue weighted by atomic mass is 32.1. The standard InChI is InChI=1S/C13H22N4OS/c1-3-16(4-2-14-1)10-12-9-15-13(19-12)11-17-5-7-18-8-6-17/h9,14H,1-8,10-11H2. The molecule has 0 atom stereocenters. The first kappa shape index (κ1) is 13.5. The minimum atomic E-state index is 0.860. The molecule has 1 aromatic heterocycles. The summed E-state index contributed by atoms with van der Waals surface area (Å²) in [5, 5.41) is 4.63. The lowest BCUT2D eigenvalue weighted by Crippen LogP contribution is -2.42. The van der Waals surface area contributed by atoms with Crippen LogP contribution >= 0.6 is 11.3 Å². The van der Waals surface area contributed by atoms with Crippen LogP contribution in [0.5, 0.6) is 0 Å². The Morgan fingerprint density at radius 3 is 2.63 bits per heavy atom. The zero-order valence-corrected chi connectivity index (χ0v) is 12.1. The molecule has 2 aliphatic heterocycles. The molecule has 106 valence electrons. The average Bonchev–Trinajstić information content (AvgIpc) is 2.88. The fourth-order valence-electron chi connectivity index (χ4n) is 2.53. The van der Waals surface area contributed by atoms with E-state index in [-0.39, 0.29) is 0 Å². The van der Waals surface area contributed by atoms with Gasteiger partial charge in [-0.2, -0.15) is 0 Å². The van der Waals surface area contributed by atoms with Crippen molar-refractivity contribution in [2.45, 2.75) is 13.1 Å². The maximum atomic E-state index is 5.37. The monoisotopic (exact) mass is 282 g/mol. The number of thiazole rings is 1. The summed E-state index contributed by atoms with van der Waals surface area (Å²) in [5.41, 5.74) is 0. The van der Waals surface area contributed by atoms with Crippen molar-refractivity contribution < 1.29 is 4.74 Å². The average molecular weight is 282 g/mol. The maximum absolute atomic E-state index is 5.37. The molecule has 3 heterocycles. The Labute approximate surface area is 118 Å². The fraction of sp³-hybridized carbons (Fsp3) is 0.769. The smallest absolute Gasteiger partial charge is 0.107 e. The number of aromatic nitrogens is 1. The molecule has 0 saturated carbocycles. The molecule has 2 aliphatic rings. The maximum Gasteiger partial charge on any atom is 0.107 e. The first-order chi connectivity index (χ1) is 9.40. The number of piperazine rings is 1. The lowest BCUT2D eigenvalue weighted by atomic mass is 10.3. The van der Waals surface area contributed by atoms with E-state index >= 15 is 0 Å². The van der Waals surface area contributed by atoms with E-state index in [0.717, 1.165) is 65.6 Å². The fourth-order valence-corrected chi connectivity index (χ4v) is 3.54. The quantitative estimate of drug-likeness (QED) is 0.865. The van der Waals surface area contributed by atoms with Gasteiger partial charge in [-0.1, -0.05) is 0 Å². The van der Waals surface area contributed by atoms with E-state index in [2.05, 4.69) is 26.3 Å². The Balaban J connectivity index is 1.50. The molecule has 0 radical (unpaired) electrons. The largest absolute Gasteiger partial charge is 0.379 e. The number of hydrogen-bond donors (Lipinski definition) is 1. The number of morpholine rings is 1. The van der Waals surface area contributed by atoms with Crippen LogP contribution in [0.2, 0.25) is 0 Å². The van der Waals surface area contributed by atoms with Crippen molar-refractivity contribution in [2.24, 2.45) is 0 Å². The van der Waals surface area contributed by atoms with Gasteiger partial charge in [-0.25, -0.2) is 4.98 Å². The van der Waals surface area contributed by atoms with Gasteiger partial charge in [-0.15, -0.1) is 11.3 Å². The third-order valence-corrected chi connectivity index (χ3v) is 4.62. The number of hydrogen-bond acceptors (Lipinski definition) is 6. The molecule has 0 bridgehead atoms. The molecule has 3 rings (SSSR count). The van der Waals surface area contributed by atoms with Crippen molar-refractivity contribution in [3.8, 4) is 0 Å². The zero-order chi connectivity index (χ0) is 12.9. The SMILES string of the molecule is c1nc(CN2CCOCC2)sc1CN1CCNCC1. The second-order valence-corrected chi connectivity index (χ2v) is 6.33. The molecule has 5 nitrogen and oxygen atoms in total. The van der Waals surface area contributed by atoms with E-state index in [1.165, 1.54) is 9.88 Å². The van der Waals surface area contributed by atoms with E-state index in [0.29, 0.717) is 0 Å². The highest BCUT2D eigenvalue weighted by Gasteiger charge is 2.14. The van der Waals surface area contributed by atoms with Crippen LogP contribution in [-0.2, 0) is 17.8 Å². The Kier molecular flexibility index (Phi) is 4.79. The van der Waals surface area contributed by atoms with Gasteiger partial charge >= 0.3 is 0 Å². The van der Waals surface area contributed by atoms with Gasteiger partial charge in [0.15, 0.2) is 0 Å². The highest BCUT2D eigenvalue weighted by Crippen LogP contribution is 2.17. The molecule has 2 saturated heterocycles. The Hall–Kier alpha value is -0.530. The minimum Gasteiger partial charge on any atom is -0.379 e. The summed E-state index contributed by atoms with van der Waals surface area (Å²) in [6.07, 6.45) is 2.06. The van der Waals surface area contributed by atoms with Gasteiger partial charge in [0.2, 0.25) is 0 Å². The first-order valence-corrected chi connectivity index (χ1v) is 7.88. The third-order valence-electron chi connectivity index (χ3n) is 3.65. The van der Waals surface area contributed by atoms with Crippen LogP contribution in [0.4, 0.5) is 0 Å². The van der Waals surface area contributed by atoms with Crippen molar-refractivity contribution in [1.82, 2.24) is 20.1 Å². The summed E-state index contributed by atoms with van der Waals surface area (Å²) in [6, 6.07) is 0.